The quantitative estimate of drug-likeness (QED) is 0.641. The van der Waals surface area contributed by atoms with Gasteiger partial charge in [-0.25, -0.2) is 4.98 Å². The fourth-order valence-electron chi connectivity index (χ4n) is 2.59. The normalized spacial score (nSPS) is 11.2. The van der Waals surface area contributed by atoms with Crippen LogP contribution in [-0.2, 0) is 6.54 Å². The Morgan fingerprint density at radius 1 is 1.11 bits per heavy atom. The summed E-state index contributed by atoms with van der Waals surface area (Å²) in [5, 5.41) is 10.2. The standard InChI is InChI=1S/C19H25N7S/c1-7-26-16(14-10-8-9-13(4)11-14)23-24-19(26)27-18-21-15(12(2)3)20-17(22-18)25(5)6/h8-12H,7H2,1-6H3. The first-order valence-corrected chi connectivity index (χ1v) is 9.82. The molecule has 0 radical (unpaired) electrons. The summed E-state index contributed by atoms with van der Waals surface area (Å²) in [6.07, 6.45) is 0. The number of aryl methyl sites for hydroxylation is 1. The predicted octanol–water partition coefficient (Wildman–Crippen LogP) is 3.80. The van der Waals surface area contributed by atoms with Crippen molar-refractivity contribution in [3.63, 3.8) is 0 Å². The van der Waals surface area contributed by atoms with E-state index in [1.165, 1.54) is 17.3 Å². The van der Waals surface area contributed by atoms with Gasteiger partial charge in [0.25, 0.3) is 0 Å². The van der Waals surface area contributed by atoms with E-state index in [0.717, 1.165) is 28.9 Å². The second-order valence-corrected chi connectivity index (χ2v) is 7.78. The molecular weight excluding hydrogens is 358 g/mol. The van der Waals surface area contributed by atoms with Crippen LogP contribution in [0, 0.1) is 6.92 Å². The van der Waals surface area contributed by atoms with Crippen LogP contribution in [0.25, 0.3) is 11.4 Å². The Bertz CT molecular complexity index is 907. The first-order chi connectivity index (χ1) is 12.9. The zero-order valence-electron chi connectivity index (χ0n) is 16.6. The molecule has 0 spiro atoms. The van der Waals surface area contributed by atoms with Gasteiger partial charge in [-0.2, -0.15) is 9.97 Å². The molecule has 1 aromatic carbocycles. The molecule has 3 rings (SSSR count). The molecule has 0 bridgehead atoms. The lowest BCUT2D eigenvalue weighted by atomic mass is 10.1. The minimum absolute atomic E-state index is 0.220. The van der Waals surface area contributed by atoms with Gasteiger partial charge < -0.3 is 9.47 Å². The highest BCUT2D eigenvalue weighted by molar-refractivity contribution is 7.99. The van der Waals surface area contributed by atoms with Crippen molar-refractivity contribution in [1.29, 1.82) is 0 Å². The zero-order chi connectivity index (χ0) is 19.6. The van der Waals surface area contributed by atoms with Crippen LogP contribution in [0.1, 0.15) is 38.1 Å². The molecule has 0 unspecified atom stereocenters. The minimum Gasteiger partial charge on any atom is -0.347 e. The van der Waals surface area contributed by atoms with E-state index < -0.39 is 0 Å². The molecule has 0 aliphatic carbocycles. The van der Waals surface area contributed by atoms with Crippen molar-refractivity contribution in [2.24, 2.45) is 0 Å². The van der Waals surface area contributed by atoms with Gasteiger partial charge in [-0.1, -0.05) is 37.6 Å². The van der Waals surface area contributed by atoms with Gasteiger partial charge in [0.15, 0.2) is 11.0 Å². The molecule has 0 N–H and O–H groups in total. The monoisotopic (exact) mass is 383 g/mol. The van der Waals surface area contributed by atoms with Crippen LogP contribution in [0.3, 0.4) is 0 Å². The summed E-state index contributed by atoms with van der Waals surface area (Å²) in [5.41, 5.74) is 2.26. The Morgan fingerprint density at radius 2 is 1.89 bits per heavy atom. The van der Waals surface area contributed by atoms with Crippen LogP contribution >= 0.6 is 11.8 Å². The molecule has 0 saturated heterocycles. The molecule has 2 aromatic heterocycles. The lowest BCUT2D eigenvalue weighted by Crippen LogP contribution is -2.16. The summed E-state index contributed by atoms with van der Waals surface area (Å²) >= 11 is 1.42. The fraction of sp³-hybridized carbons (Fsp3) is 0.421. The smallest absolute Gasteiger partial charge is 0.229 e. The summed E-state index contributed by atoms with van der Waals surface area (Å²) in [6, 6.07) is 8.29. The third-order valence-electron chi connectivity index (χ3n) is 4.03. The second-order valence-electron chi connectivity index (χ2n) is 6.85. The maximum atomic E-state index is 4.62. The van der Waals surface area contributed by atoms with Gasteiger partial charge in [-0.15, -0.1) is 10.2 Å². The van der Waals surface area contributed by atoms with Gasteiger partial charge in [0.2, 0.25) is 11.1 Å². The first kappa shape index (κ1) is 19.3. The molecule has 0 amide bonds. The summed E-state index contributed by atoms with van der Waals surface area (Å²) in [7, 11) is 3.86. The molecule has 0 aliphatic rings. The van der Waals surface area contributed by atoms with Gasteiger partial charge in [-0.3, -0.25) is 0 Å². The van der Waals surface area contributed by atoms with E-state index in [-0.39, 0.29) is 5.92 Å². The van der Waals surface area contributed by atoms with E-state index in [2.05, 4.69) is 75.6 Å². The molecule has 0 saturated carbocycles. The van der Waals surface area contributed by atoms with E-state index in [1.807, 2.05) is 25.1 Å². The Morgan fingerprint density at radius 3 is 2.52 bits per heavy atom. The number of hydrogen-bond acceptors (Lipinski definition) is 7. The molecule has 8 heteroatoms. The van der Waals surface area contributed by atoms with Crippen LogP contribution in [0.15, 0.2) is 34.6 Å². The molecule has 2 heterocycles. The lowest BCUT2D eigenvalue weighted by Gasteiger charge is -2.14. The molecule has 3 aromatic rings. The SMILES string of the molecule is CCn1c(Sc2nc(C(C)C)nc(N(C)C)n2)nnc1-c1cccc(C)c1. The Kier molecular flexibility index (Phi) is 5.74. The van der Waals surface area contributed by atoms with Crippen molar-refractivity contribution >= 4 is 17.7 Å². The van der Waals surface area contributed by atoms with Crippen molar-refractivity contribution in [1.82, 2.24) is 29.7 Å². The Labute approximate surface area is 164 Å². The van der Waals surface area contributed by atoms with Crippen LogP contribution in [0.2, 0.25) is 0 Å². The molecule has 0 aliphatic heterocycles. The van der Waals surface area contributed by atoms with Gasteiger partial charge in [0.05, 0.1) is 0 Å². The number of aromatic nitrogens is 6. The summed E-state index contributed by atoms with van der Waals surface area (Å²) in [5.74, 6) is 2.50. The van der Waals surface area contributed by atoms with Gasteiger partial charge in [-0.05, 0) is 31.7 Å². The van der Waals surface area contributed by atoms with E-state index in [1.54, 1.807) is 0 Å². The first-order valence-electron chi connectivity index (χ1n) is 9.00. The number of nitrogens with zero attached hydrogens (tertiary/aromatic N) is 7. The highest BCUT2D eigenvalue weighted by atomic mass is 32.2. The predicted molar refractivity (Wildman–Crippen MR) is 108 cm³/mol. The van der Waals surface area contributed by atoms with Crippen molar-refractivity contribution in [3.05, 3.63) is 35.7 Å². The average molecular weight is 384 g/mol. The van der Waals surface area contributed by atoms with Gasteiger partial charge >= 0.3 is 0 Å². The topological polar surface area (TPSA) is 72.6 Å². The molecular formula is C19H25N7S. The second kappa shape index (κ2) is 8.04. The summed E-state index contributed by atoms with van der Waals surface area (Å²) in [4.78, 5) is 15.6. The largest absolute Gasteiger partial charge is 0.347 e. The van der Waals surface area contributed by atoms with Crippen molar-refractivity contribution in [3.8, 4) is 11.4 Å². The van der Waals surface area contributed by atoms with Crippen molar-refractivity contribution in [2.75, 3.05) is 19.0 Å². The summed E-state index contributed by atoms with van der Waals surface area (Å²) < 4.78 is 2.09. The van der Waals surface area contributed by atoms with E-state index in [4.69, 9.17) is 0 Å². The molecule has 0 atom stereocenters. The zero-order valence-corrected chi connectivity index (χ0v) is 17.4. The maximum absolute atomic E-state index is 4.62. The maximum Gasteiger partial charge on any atom is 0.229 e. The third kappa shape index (κ3) is 4.27. The molecule has 0 fully saturated rings. The van der Waals surface area contributed by atoms with Crippen LogP contribution < -0.4 is 4.90 Å². The number of hydrogen-bond donors (Lipinski definition) is 0. The third-order valence-corrected chi connectivity index (χ3v) is 4.88. The van der Waals surface area contributed by atoms with Crippen molar-refractivity contribution in [2.45, 2.75) is 50.5 Å². The molecule has 7 nitrogen and oxygen atoms in total. The highest BCUT2D eigenvalue weighted by Crippen LogP contribution is 2.29. The Hall–Kier alpha value is -2.48. The van der Waals surface area contributed by atoms with Crippen LogP contribution in [0.4, 0.5) is 5.95 Å². The van der Waals surface area contributed by atoms with Crippen molar-refractivity contribution < 1.29 is 0 Å². The fourth-order valence-corrected chi connectivity index (χ4v) is 3.43. The molecule has 142 valence electrons. The van der Waals surface area contributed by atoms with Crippen LogP contribution in [0.5, 0.6) is 0 Å². The molecule has 27 heavy (non-hydrogen) atoms. The average Bonchev–Trinajstić information content (AvgIpc) is 3.03. The number of benzene rings is 1. The van der Waals surface area contributed by atoms with Gasteiger partial charge in [0, 0.05) is 32.1 Å². The minimum atomic E-state index is 0.220. The van der Waals surface area contributed by atoms with E-state index >= 15 is 0 Å². The van der Waals surface area contributed by atoms with E-state index in [9.17, 15) is 0 Å². The Balaban J connectivity index is 1.99. The summed E-state index contributed by atoms with van der Waals surface area (Å²) in [6.45, 7) is 9.08. The van der Waals surface area contributed by atoms with Crippen LogP contribution in [-0.4, -0.2) is 43.8 Å². The highest BCUT2D eigenvalue weighted by Gasteiger charge is 2.17. The lowest BCUT2D eigenvalue weighted by molar-refractivity contribution is 0.680. The number of rotatable bonds is 6. The number of anilines is 1. The van der Waals surface area contributed by atoms with E-state index in [0.29, 0.717) is 11.1 Å². The van der Waals surface area contributed by atoms with Gasteiger partial charge in [0.1, 0.15) is 5.82 Å².